The number of nitriles is 1. The zero-order valence-electron chi connectivity index (χ0n) is 8.39. The fourth-order valence-electron chi connectivity index (χ4n) is 1.38. The molecule has 0 aliphatic heterocycles. The fourth-order valence-corrected chi connectivity index (χ4v) is 1.38. The van der Waals surface area contributed by atoms with Gasteiger partial charge in [-0.3, -0.25) is 9.97 Å². The summed E-state index contributed by atoms with van der Waals surface area (Å²) in [5, 5.41) is 8.49. The molecule has 0 bridgehead atoms. The van der Waals surface area contributed by atoms with E-state index < -0.39 is 5.82 Å². The molecule has 3 nitrogen and oxygen atoms in total. The van der Waals surface area contributed by atoms with Crippen LogP contribution >= 0.6 is 0 Å². The topological polar surface area (TPSA) is 49.6 Å². The molecule has 2 aromatic heterocycles. The van der Waals surface area contributed by atoms with E-state index in [0.717, 1.165) is 0 Å². The molecule has 2 aromatic rings. The Bertz CT molecular complexity index is 532. The summed E-state index contributed by atoms with van der Waals surface area (Å²) in [6.45, 7) is 0. The molecule has 0 radical (unpaired) electrons. The van der Waals surface area contributed by atoms with E-state index in [4.69, 9.17) is 5.26 Å². The first-order chi connectivity index (χ1) is 7.81. The van der Waals surface area contributed by atoms with Gasteiger partial charge in [0.15, 0.2) is 0 Å². The molecule has 0 atom stereocenters. The Morgan fingerprint density at radius 1 is 1.38 bits per heavy atom. The van der Waals surface area contributed by atoms with E-state index in [9.17, 15) is 4.39 Å². The Labute approximate surface area is 92.2 Å². The summed E-state index contributed by atoms with van der Waals surface area (Å²) in [5.41, 5.74) is 1.46. The van der Waals surface area contributed by atoms with Crippen molar-refractivity contribution in [1.29, 1.82) is 5.26 Å². The van der Waals surface area contributed by atoms with Crippen LogP contribution in [0.2, 0.25) is 0 Å². The van der Waals surface area contributed by atoms with Crippen molar-refractivity contribution >= 4 is 0 Å². The van der Waals surface area contributed by atoms with E-state index in [0.29, 0.717) is 11.1 Å². The van der Waals surface area contributed by atoms with E-state index in [1.54, 1.807) is 24.5 Å². The smallest absolute Gasteiger partial charge is 0.149 e. The van der Waals surface area contributed by atoms with Crippen molar-refractivity contribution in [1.82, 2.24) is 9.97 Å². The lowest BCUT2D eigenvalue weighted by Gasteiger charge is -2.02. The summed E-state index contributed by atoms with van der Waals surface area (Å²) in [6.07, 6.45) is 4.84. The first-order valence-corrected chi connectivity index (χ1v) is 4.73. The molecule has 0 saturated carbocycles. The van der Waals surface area contributed by atoms with Crippen LogP contribution in [0, 0.1) is 17.1 Å². The van der Waals surface area contributed by atoms with E-state index in [1.807, 2.05) is 6.07 Å². The molecular formula is C12H8FN3. The highest BCUT2D eigenvalue weighted by Crippen LogP contribution is 2.19. The molecule has 78 valence electrons. The highest BCUT2D eigenvalue weighted by molar-refractivity contribution is 5.58. The summed E-state index contributed by atoms with van der Waals surface area (Å²) >= 11 is 0. The lowest BCUT2D eigenvalue weighted by molar-refractivity contribution is 0.623. The average molecular weight is 213 g/mol. The van der Waals surface area contributed by atoms with Crippen molar-refractivity contribution < 1.29 is 4.39 Å². The second-order valence-corrected chi connectivity index (χ2v) is 3.25. The van der Waals surface area contributed by atoms with Gasteiger partial charge in [0.05, 0.1) is 12.5 Å². The molecule has 2 rings (SSSR count). The van der Waals surface area contributed by atoms with Gasteiger partial charge in [-0.15, -0.1) is 0 Å². The van der Waals surface area contributed by atoms with E-state index in [1.165, 1.54) is 12.3 Å². The predicted molar refractivity (Wildman–Crippen MR) is 56.7 cm³/mol. The van der Waals surface area contributed by atoms with E-state index >= 15 is 0 Å². The second kappa shape index (κ2) is 4.49. The minimum Gasteiger partial charge on any atom is -0.264 e. The molecule has 0 aromatic carbocycles. The molecule has 0 fully saturated rings. The Morgan fingerprint density at radius 2 is 2.25 bits per heavy atom. The van der Waals surface area contributed by atoms with Crippen molar-refractivity contribution in [2.24, 2.45) is 0 Å². The van der Waals surface area contributed by atoms with Crippen LogP contribution in [-0.2, 0) is 6.42 Å². The Hall–Kier alpha value is -2.28. The summed E-state index contributed by atoms with van der Waals surface area (Å²) in [6, 6.07) is 6.74. The molecule has 0 unspecified atom stereocenters. The van der Waals surface area contributed by atoms with Gasteiger partial charge in [-0.25, -0.2) is 4.39 Å². The average Bonchev–Trinajstić information content (AvgIpc) is 2.31. The van der Waals surface area contributed by atoms with Gasteiger partial charge >= 0.3 is 0 Å². The summed E-state index contributed by atoms with van der Waals surface area (Å²) in [7, 11) is 0. The van der Waals surface area contributed by atoms with Crippen molar-refractivity contribution in [3.8, 4) is 17.3 Å². The van der Waals surface area contributed by atoms with Gasteiger partial charge in [0.25, 0.3) is 0 Å². The molecule has 4 heteroatoms. The molecule has 0 spiro atoms. The van der Waals surface area contributed by atoms with Crippen molar-refractivity contribution in [3.63, 3.8) is 0 Å². The monoisotopic (exact) mass is 213 g/mol. The molecule has 0 saturated heterocycles. The van der Waals surface area contributed by atoms with Gasteiger partial charge in [-0.05, 0) is 23.8 Å². The summed E-state index contributed by atoms with van der Waals surface area (Å²) in [4.78, 5) is 7.90. The molecule has 2 heterocycles. The summed E-state index contributed by atoms with van der Waals surface area (Å²) < 4.78 is 13.7. The number of aromatic nitrogens is 2. The first kappa shape index (κ1) is 10.2. The maximum Gasteiger partial charge on any atom is 0.149 e. The number of nitrogens with zero attached hydrogens (tertiary/aromatic N) is 3. The zero-order valence-corrected chi connectivity index (χ0v) is 8.39. The quantitative estimate of drug-likeness (QED) is 0.769. The van der Waals surface area contributed by atoms with Crippen molar-refractivity contribution in [2.75, 3.05) is 0 Å². The van der Waals surface area contributed by atoms with Gasteiger partial charge in [0.2, 0.25) is 0 Å². The van der Waals surface area contributed by atoms with Gasteiger partial charge in [-0.1, -0.05) is 0 Å². The van der Waals surface area contributed by atoms with E-state index in [-0.39, 0.29) is 12.1 Å². The number of rotatable bonds is 2. The molecule has 0 aliphatic rings. The molecule has 0 amide bonds. The Balaban J connectivity index is 2.41. The largest absolute Gasteiger partial charge is 0.264 e. The highest BCUT2D eigenvalue weighted by atomic mass is 19.1. The van der Waals surface area contributed by atoms with Crippen LogP contribution in [0.15, 0.2) is 36.8 Å². The van der Waals surface area contributed by atoms with E-state index in [2.05, 4.69) is 9.97 Å². The number of hydrogen-bond donors (Lipinski definition) is 0. The molecule has 16 heavy (non-hydrogen) atoms. The molecular weight excluding hydrogens is 205 g/mol. The lowest BCUT2D eigenvalue weighted by atomic mass is 10.1. The molecule has 0 N–H and O–H groups in total. The van der Waals surface area contributed by atoms with Crippen LogP contribution in [0.3, 0.4) is 0 Å². The van der Waals surface area contributed by atoms with Crippen LogP contribution < -0.4 is 0 Å². The third-order valence-electron chi connectivity index (χ3n) is 2.12. The van der Waals surface area contributed by atoms with Crippen LogP contribution in [-0.4, -0.2) is 9.97 Å². The highest BCUT2D eigenvalue weighted by Gasteiger charge is 2.07. The fraction of sp³-hybridized carbons (Fsp3) is 0.0833. The Kier molecular flexibility index (Phi) is 2.88. The zero-order chi connectivity index (χ0) is 11.4. The van der Waals surface area contributed by atoms with Gasteiger partial charge in [0, 0.05) is 24.2 Å². The molecule has 0 aliphatic carbocycles. The SMILES string of the molecule is N#CCc1cnc(-c2cccnc2)c(F)c1. The maximum absolute atomic E-state index is 13.7. The van der Waals surface area contributed by atoms with Gasteiger partial charge < -0.3 is 0 Å². The number of hydrogen-bond acceptors (Lipinski definition) is 3. The number of pyridine rings is 2. The Morgan fingerprint density at radius 3 is 2.88 bits per heavy atom. The van der Waals surface area contributed by atoms with Gasteiger partial charge in [-0.2, -0.15) is 5.26 Å². The first-order valence-electron chi connectivity index (χ1n) is 4.73. The second-order valence-electron chi connectivity index (χ2n) is 3.25. The van der Waals surface area contributed by atoms with Crippen LogP contribution in [0.5, 0.6) is 0 Å². The third kappa shape index (κ3) is 2.04. The minimum absolute atomic E-state index is 0.164. The number of halogens is 1. The predicted octanol–water partition coefficient (Wildman–Crippen LogP) is 2.35. The maximum atomic E-state index is 13.7. The van der Waals surface area contributed by atoms with Gasteiger partial charge in [0.1, 0.15) is 11.5 Å². The van der Waals surface area contributed by atoms with Crippen LogP contribution in [0.25, 0.3) is 11.3 Å². The standard InChI is InChI=1S/C12H8FN3/c13-11-6-9(3-4-14)7-16-12(11)10-2-1-5-15-8-10/h1-2,5-8H,3H2. The van der Waals surface area contributed by atoms with Crippen molar-refractivity contribution in [3.05, 3.63) is 48.2 Å². The third-order valence-corrected chi connectivity index (χ3v) is 2.12. The summed E-state index contributed by atoms with van der Waals surface area (Å²) in [5.74, 6) is -0.430. The van der Waals surface area contributed by atoms with Crippen LogP contribution in [0.4, 0.5) is 4.39 Å². The minimum atomic E-state index is -0.430. The normalized spacial score (nSPS) is 9.75. The van der Waals surface area contributed by atoms with Crippen molar-refractivity contribution in [2.45, 2.75) is 6.42 Å². The van der Waals surface area contributed by atoms with Crippen LogP contribution in [0.1, 0.15) is 5.56 Å². The lowest BCUT2D eigenvalue weighted by Crippen LogP contribution is -1.93.